The monoisotopic (exact) mass is 304 g/mol. The first kappa shape index (κ1) is 14.8. The van der Waals surface area contributed by atoms with Crippen LogP contribution in [0.5, 0.6) is 0 Å². The molecule has 4 nitrogen and oxygen atoms in total. The van der Waals surface area contributed by atoms with Crippen molar-refractivity contribution >= 4 is 12.2 Å². The van der Waals surface area contributed by atoms with Crippen LogP contribution in [-0.4, -0.2) is 21.9 Å². The molecule has 23 heavy (non-hydrogen) atoms. The van der Waals surface area contributed by atoms with Gasteiger partial charge in [-0.1, -0.05) is 30.3 Å². The fourth-order valence-electron chi connectivity index (χ4n) is 2.32. The van der Waals surface area contributed by atoms with Gasteiger partial charge in [-0.15, -0.1) is 0 Å². The lowest BCUT2D eigenvalue weighted by Crippen LogP contribution is -1.98. The highest BCUT2D eigenvalue weighted by molar-refractivity contribution is 5.87. The number of para-hydroxylation sites is 1. The SMILES string of the molecule is O=C(O)c1ccc(CN=Cc2cccn2-c2ccccc2)cc1. The van der Waals surface area contributed by atoms with Crippen molar-refractivity contribution in [2.75, 3.05) is 0 Å². The molecule has 0 radical (unpaired) electrons. The van der Waals surface area contributed by atoms with E-state index in [1.165, 1.54) is 0 Å². The molecule has 0 saturated carbocycles. The standard InChI is InChI=1S/C19H16N2O2/c22-19(23)16-10-8-15(9-11-16)13-20-14-18-7-4-12-21(18)17-5-2-1-3-6-17/h1-12,14H,13H2,(H,22,23). The van der Waals surface area contributed by atoms with Crippen LogP contribution in [0.2, 0.25) is 0 Å². The van der Waals surface area contributed by atoms with Crippen LogP contribution in [0, 0.1) is 0 Å². The van der Waals surface area contributed by atoms with Gasteiger partial charge in [0.1, 0.15) is 0 Å². The van der Waals surface area contributed by atoms with Gasteiger partial charge in [0.2, 0.25) is 0 Å². The molecule has 4 heteroatoms. The molecule has 0 atom stereocenters. The van der Waals surface area contributed by atoms with Gasteiger partial charge in [-0.3, -0.25) is 4.99 Å². The summed E-state index contributed by atoms with van der Waals surface area (Å²) in [4.78, 5) is 15.3. The fourth-order valence-corrected chi connectivity index (χ4v) is 2.32. The number of rotatable bonds is 5. The van der Waals surface area contributed by atoms with E-state index in [1.807, 2.05) is 54.9 Å². The summed E-state index contributed by atoms with van der Waals surface area (Å²) in [5.74, 6) is -0.916. The molecule has 0 unspecified atom stereocenters. The van der Waals surface area contributed by atoms with E-state index in [0.29, 0.717) is 6.54 Å². The zero-order chi connectivity index (χ0) is 16.1. The summed E-state index contributed by atoms with van der Waals surface area (Å²) in [5.41, 5.74) is 3.35. The van der Waals surface area contributed by atoms with E-state index in [-0.39, 0.29) is 5.56 Å². The molecule has 114 valence electrons. The fraction of sp³-hybridized carbons (Fsp3) is 0.0526. The van der Waals surface area contributed by atoms with Gasteiger partial charge < -0.3 is 9.67 Å². The Kier molecular flexibility index (Phi) is 4.34. The molecule has 0 amide bonds. The molecular formula is C19H16N2O2. The predicted molar refractivity (Wildman–Crippen MR) is 90.5 cm³/mol. The highest BCUT2D eigenvalue weighted by atomic mass is 16.4. The molecule has 0 saturated heterocycles. The summed E-state index contributed by atoms with van der Waals surface area (Å²) in [6.07, 6.45) is 3.83. The van der Waals surface area contributed by atoms with Crippen LogP contribution in [0.4, 0.5) is 0 Å². The van der Waals surface area contributed by atoms with Gasteiger partial charge in [0.25, 0.3) is 0 Å². The molecule has 3 rings (SSSR count). The summed E-state index contributed by atoms with van der Waals surface area (Å²) in [6, 6.07) is 20.8. The second-order valence-electron chi connectivity index (χ2n) is 5.11. The number of hydrogen-bond acceptors (Lipinski definition) is 2. The number of aromatic nitrogens is 1. The molecule has 3 aromatic rings. The number of benzene rings is 2. The number of nitrogens with zero attached hydrogens (tertiary/aromatic N) is 2. The van der Waals surface area contributed by atoms with E-state index in [0.717, 1.165) is 16.9 Å². The topological polar surface area (TPSA) is 54.6 Å². The summed E-state index contributed by atoms with van der Waals surface area (Å²) in [6.45, 7) is 0.514. The van der Waals surface area contributed by atoms with E-state index in [1.54, 1.807) is 24.3 Å². The zero-order valence-electron chi connectivity index (χ0n) is 12.5. The molecule has 1 N–H and O–H groups in total. The molecule has 0 bridgehead atoms. The molecule has 0 aliphatic rings. The largest absolute Gasteiger partial charge is 0.478 e. The second kappa shape index (κ2) is 6.75. The van der Waals surface area contributed by atoms with Crippen molar-refractivity contribution in [2.24, 2.45) is 4.99 Å². The third-order valence-electron chi connectivity index (χ3n) is 3.51. The Morgan fingerprint density at radius 1 is 1.00 bits per heavy atom. The maximum atomic E-state index is 10.8. The number of carbonyl (C=O) groups is 1. The van der Waals surface area contributed by atoms with Gasteiger partial charge in [0.15, 0.2) is 0 Å². The van der Waals surface area contributed by atoms with Crippen molar-refractivity contribution in [1.29, 1.82) is 0 Å². The highest BCUT2D eigenvalue weighted by Gasteiger charge is 2.02. The first-order valence-electron chi connectivity index (χ1n) is 7.29. The predicted octanol–water partition coefficient (Wildman–Crippen LogP) is 3.79. The number of carboxylic acids is 1. The van der Waals surface area contributed by atoms with Crippen LogP contribution in [0.3, 0.4) is 0 Å². The molecule has 0 fully saturated rings. The maximum Gasteiger partial charge on any atom is 0.335 e. The van der Waals surface area contributed by atoms with Gasteiger partial charge >= 0.3 is 5.97 Å². The van der Waals surface area contributed by atoms with E-state index in [4.69, 9.17) is 5.11 Å². The Balaban J connectivity index is 1.72. The highest BCUT2D eigenvalue weighted by Crippen LogP contribution is 2.11. The van der Waals surface area contributed by atoms with Crippen molar-refractivity contribution in [3.05, 3.63) is 89.7 Å². The van der Waals surface area contributed by atoms with Crippen LogP contribution >= 0.6 is 0 Å². The zero-order valence-corrected chi connectivity index (χ0v) is 12.5. The second-order valence-corrected chi connectivity index (χ2v) is 5.11. The molecule has 0 spiro atoms. The van der Waals surface area contributed by atoms with Gasteiger partial charge in [-0.05, 0) is 42.0 Å². The maximum absolute atomic E-state index is 10.8. The third-order valence-corrected chi connectivity index (χ3v) is 3.51. The molecule has 1 heterocycles. The summed E-state index contributed by atoms with van der Waals surface area (Å²) in [7, 11) is 0. The van der Waals surface area contributed by atoms with Gasteiger partial charge in [-0.2, -0.15) is 0 Å². The minimum absolute atomic E-state index is 0.288. The van der Waals surface area contributed by atoms with Crippen LogP contribution in [0.1, 0.15) is 21.6 Å². The van der Waals surface area contributed by atoms with E-state index in [9.17, 15) is 4.79 Å². The quantitative estimate of drug-likeness (QED) is 0.729. The molecule has 2 aromatic carbocycles. The van der Waals surface area contributed by atoms with Crippen molar-refractivity contribution in [3.8, 4) is 5.69 Å². The lowest BCUT2D eigenvalue weighted by Gasteiger charge is -2.05. The number of hydrogen-bond donors (Lipinski definition) is 1. The number of aromatic carboxylic acids is 1. The lowest BCUT2D eigenvalue weighted by molar-refractivity contribution is 0.0697. The van der Waals surface area contributed by atoms with Gasteiger partial charge in [0.05, 0.1) is 17.8 Å². The minimum Gasteiger partial charge on any atom is -0.478 e. The smallest absolute Gasteiger partial charge is 0.335 e. The molecule has 1 aromatic heterocycles. The Hall–Kier alpha value is -3.14. The average Bonchev–Trinajstić information content (AvgIpc) is 3.05. The lowest BCUT2D eigenvalue weighted by atomic mass is 10.1. The number of carboxylic acid groups (broad SMARTS) is 1. The van der Waals surface area contributed by atoms with Gasteiger partial charge in [0, 0.05) is 18.1 Å². The average molecular weight is 304 g/mol. The molecular weight excluding hydrogens is 288 g/mol. The molecule has 0 aliphatic carbocycles. The first-order chi connectivity index (χ1) is 11.2. The van der Waals surface area contributed by atoms with E-state index in [2.05, 4.69) is 9.56 Å². The Morgan fingerprint density at radius 2 is 1.74 bits per heavy atom. The molecule has 0 aliphatic heterocycles. The van der Waals surface area contributed by atoms with Crippen LogP contribution in [-0.2, 0) is 6.54 Å². The summed E-state index contributed by atoms with van der Waals surface area (Å²) >= 11 is 0. The van der Waals surface area contributed by atoms with Crippen molar-refractivity contribution < 1.29 is 9.90 Å². The van der Waals surface area contributed by atoms with E-state index < -0.39 is 5.97 Å². The third kappa shape index (κ3) is 3.55. The van der Waals surface area contributed by atoms with Crippen LogP contribution in [0.15, 0.2) is 77.9 Å². The Bertz CT molecular complexity index is 818. The Labute approximate surface area is 134 Å². The van der Waals surface area contributed by atoms with Crippen LogP contribution in [0.25, 0.3) is 5.69 Å². The first-order valence-corrected chi connectivity index (χ1v) is 7.29. The summed E-state index contributed by atoms with van der Waals surface area (Å²) < 4.78 is 2.07. The van der Waals surface area contributed by atoms with Crippen LogP contribution < -0.4 is 0 Å². The normalized spacial score (nSPS) is 11.0. The summed E-state index contributed by atoms with van der Waals surface area (Å²) in [5, 5.41) is 8.88. The van der Waals surface area contributed by atoms with E-state index >= 15 is 0 Å². The van der Waals surface area contributed by atoms with Crippen molar-refractivity contribution in [2.45, 2.75) is 6.54 Å². The van der Waals surface area contributed by atoms with Crippen molar-refractivity contribution in [1.82, 2.24) is 4.57 Å². The minimum atomic E-state index is -0.916. The Morgan fingerprint density at radius 3 is 2.43 bits per heavy atom. The van der Waals surface area contributed by atoms with Gasteiger partial charge in [-0.25, -0.2) is 4.79 Å². The number of aliphatic imine (C=N–C) groups is 1. The van der Waals surface area contributed by atoms with Crippen molar-refractivity contribution in [3.63, 3.8) is 0 Å².